The molecule has 1 aliphatic heterocycles. The summed E-state index contributed by atoms with van der Waals surface area (Å²) in [6.07, 6.45) is 7.02. The Morgan fingerprint density at radius 1 is 1.12 bits per heavy atom. The molecule has 24 heavy (non-hydrogen) atoms. The van der Waals surface area contributed by atoms with E-state index < -0.39 is 0 Å². The van der Waals surface area contributed by atoms with Gasteiger partial charge < -0.3 is 14.3 Å². The van der Waals surface area contributed by atoms with E-state index in [-0.39, 0.29) is 17.7 Å². The molecule has 0 spiro atoms. The molecule has 0 bridgehead atoms. The van der Waals surface area contributed by atoms with E-state index in [0.717, 1.165) is 37.1 Å². The molecule has 3 rings (SSSR count). The summed E-state index contributed by atoms with van der Waals surface area (Å²) in [7, 11) is 0. The van der Waals surface area contributed by atoms with E-state index in [4.69, 9.17) is 4.52 Å². The highest BCUT2D eigenvalue weighted by molar-refractivity contribution is 5.81. The maximum Gasteiger partial charge on any atom is 0.227 e. The smallest absolute Gasteiger partial charge is 0.227 e. The van der Waals surface area contributed by atoms with Crippen molar-refractivity contribution in [1.29, 1.82) is 0 Å². The Hall–Kier alpha value is -2.11. The molecule has 2 aliphatic rings. The number of rotatable bonds is 3. The number of aromatic nitrogens is 1. The lowest BCUT2D eigenvalue weighted by Gasteiger charge is -2.24. The third-order valence-corrected chi connectivity index (χ3v) is 5.03. The Kier molecular flexibility index (Phi) is 5.02. The Morgan fingerprint density at radius 2 is 1.79 bits per heavy atom. The van der Waals surface area contributed by atoms with Gasteiger partial charge in [0.05, 0.1) is 12.1 Å². The van der Waals surface area contributed by atoms with Gasteiger partial charge in [0.25, 0.3) is 0 Å². The summed E-state index contributed by atoms with van der Waals surface area (Å²) in [4.78, 5) is 28.9. The molecule has 130 valence electrons. The topological polar surface area (TPSA) is 66.7 Å². The first-order chi connectivity index (χ1) is 11.6. The molecule has 0 atom stereocenters. The first kappa shape index (κ1) is 16.7. The van der Waals surface area contributed by atoms with Crippen molar-refractivity contribution in [3.05, 3.63) is 29.2 Å². The average Bonchev–Trinajstić information content (AvgIpc) is 3.13. The number of allylic oxidation sites excluding steroid dienone is 2. The number of carbonyl (C=O) groups is 2. The molecule has 0 N–H and O–H groups in total. The van der Waals surface area contributed by atoms with Crippen LogP contribution < -0.4 is 0 Å². The lowest BCUT2D eigenvalue weighted by Crippen LogP contribution is -2.40. The largest absolute Gasteiger partial charge is 0.361 e. The van der Waals surface area contributed by atoms with Crippen LogP contribution >= 0.6 is 0 Å². The predicted molar refractivity (Wildman–Crippen MR) is 89.3 cm³/mol. The van der Waals surface area contributed by atoms with Crippen LogP contribution in [0.25, 0.3) is 0 Å². The molecule has 0 saturated carbocycles. The maximum absolute atomic E-state index is 12.6. The van der Waals surface area contributed by atoms with Crippen LogP contribution in [0.5, 0.6) is 0 Å². The lowest BCUT2D eigenvalue weighted by molar-refractivity contribution is -0.136. The molecule has 0 unspecified atom stereocenters. The molecule has 1 aliphatic carbocycles. The zero-order valence-electron chi connectivity index (χ0n) is 14.5. The van der Waals surface area contributed by atoms with Crippen LogP contribution in [-0.4, -0.2) is 52.9 Å². The average molecular weight is 331 g/mol. The zero-order valence-corrected chi connectivity index (χ0v) is 14.5. The standard InChI is InChI=1S/C18H25N3O3/c1-13-16(14(2)24-19-13)12-17(22)20-8-5-9-21(11-10-20)18(23)15-6-3-4-7-15/h3-4,15H,5-12H2,1-2H3. The highest BCUT2D eigenvalue weighted by Crippen LogP contribution is 2.21. The van der Waals surface area contributed by atoms with E-state index >= 15 is 0 Å². The molecule has 1 fully saturated rings. The third kappa shape index (κ3) is 3.52. The Balaban J connectivity index is 1.57. The quantitative estimate of drug-likeness (QED) is 0.793. The molecule has 1 saturated heterocycles. The van der Waals surface area contributed by atoms with Gasteiger partial charge >= 0.3 is 0 Å². The predicted octanol–water partition coefficient (Wildman–Crippen LogP) is 1.86. The van der Waals surface area contributed by atoms with Gasteiger partial charge in [-0.15, -0.1) is 0 Å². The van der Waals surface area contributed by atoms with Crippen LogP contribution in [0.4, 0.5) is 0 Å². The van der Waals surface area contributed by atoms with Crippen LogP contribution in [0.2, 0.25) is 0 Å². The number of hydrogen-bond acceptors (Lipinski definition) is 4. The van der Waals surface area contributed by atoms with Gasteiger partial charge in [0.15, 0.2) is 0 Å². The summed E-state index contributed by atoms with van der Waals surface area (Å²) in [6.45, 7) is 6.37. The summed E-state index contributed by atoms with van der Waals surface area (Å²) in [6, 6.07) is 0. The Labute approximate surface area is 142 Å². The van der Waals surface area contributed by atoms with Gasteiger partial charge in [-0.3, -0.25) is 9.59 Å². The molecule has 2 amide bonds. The van der Waals surface area contributed by atoms with Gasteiger partial charge in [-0.25, -0.2) is 0 Å². The van der Waals surface area contributed by atoms with Gasteiger partial charge in [0, 0.05) is 37.7 Å². The molecular formula is C18H25N3O3. The summed E-state index contributed by atoms with van der Waals surface area (Å²) < 4.78 is 5.13. The molecule has 0 aromatic carbocycles. The molecular weight excluding hydrogens is 306 g/mol. The molecule has 6 heteroatoms. The summed E-state index contributed by atoms with van der Waals surface area (Å²) in [5, 5.41) is 3.91. The lowest BCUT2D eigenvalue weighted by atomic mass is 10.1. The van der Waals surface area contributed by atoms with Crippen molar-refractivity contribution in [2.45, 2.75) is 39.5 Å². The van der Waals surface area contributed by atoms with E-state index in [0.29, 0.717) is 31.8 Å². The summed E-state index contributed by atoms with van der Waals surface area (Å²) >= 11 is 0. The van der Waals surface area contributed by atoms with Crippen molar-refractivity contribution in [1.82, 2.24) is 15.0 Å². The van der Waals surface area contributed by atoms with E-state index in [1.807, 2.05) is 23.6 Å². The van der Waals surface area contributed by atoms with E-state index in [2.05, 4.69) is 17.3 Å². The van der Waals surface area contributed by atoms with E-state index in [9.17, 15) is 9.59 Å². The van der Waals surface area contributed by atoms with Crippen molar-refractivity contribution in [3.63, 3.8) is 0 Å². The Bertz CT molecular complexity index is 622. The maximum atomic E-state index is 12.6. The first-order valence-electron chi connectivity index (χ1n) is 8.69. The summed E-state index contributed by atoms with van der Waals surface area (Å²) in [5.41, 5.74) is 1.66. The molecule has 2 heterocycles. The molecule has 0 radical (unpaired) electrons. The van der Waals surface area contributed by atoms with Crippen LogP contribution in [0.1, 0.15) is 36.3 Å². The van der Waals surface area contributed by atoms with Crippen LogP contribution in [-0.2, 0) is 16.0 Å². The van der Waals surface area contributed by atoms with Crippen LogP contribution in [0.15, 0.2) is 16.7 Å². The fourth-order valence-corrected chi connectivity index (χ4v) is 3.48. The number of amides is 2. The monoisotopic (exact) mass is 331 g/mol. The molecule has 1 aromatic heterocycles. The fourth-order valence-electron chi connectivity index (χ4n) is 3.48. The van der Waals surface area contributed by atoms with Gasteiger partial charge in [0.2, 0.25) is 11.8 Å². The second-order valence-electron chi connectivity index (χ2n) is 6.68. The number of carbonyl (C=O) groups excluding carboxylic acids is 2. The highest BCUT2D eigenvalue weighted by atomic mass is 16.5. The first-order valence-corrected chi connectivity index (χ1v) is 8.69. The number of aryl methyl sites for hydroxylation is 2. The minimum Gasteiger partial charge on any atom is -0.361 e. The summed E-state index contributed by atoms with van der Waals surface area (Å²) in [5.74, 6) is 1.14. The van der Waals surface area contributed by atoms with Crippen molar-refractivity contribution in [2.24, 2.45) is 5.92 Å². The third-order valence-electron chi connectivity index (χ3n) is 5.03. The minimum absolute atomic E-state index is 0.0845. The molecule has 6 nitrogen and oxygen atoms in total. The van der Waals surface area contributed by atoms with Gasteiger partial charge in [0.1, 0.15) is 5.76 Å². The molecule has 1 aromatic rings. The zero-order chi connectivity index (χ0) is 17.1. The highest BCUT2D eigenvalue weighted by Gasteiger charge is 2.28. The minimum atomic E-state index is 0.0845. The van der Waals surface area contributed by atoms with Crippen molar-refractivity contribution in [2.75, 3.05) is 26.2 Å². The second kappa shape index (κ2) is 7.20. The van der Waals surface area contributed by atoms with Crippen molar-refractivity contribution < 1.29 is 14.1 Å². The SMILES string of the molecule is Cc1noc(C)c1CC(=O)N1CCCN(C(=O)C2CC=CC2)CC1. The Morgan fingerprint density at radius 3 is 2.46 bits per heavy atom. The van der Waals surface area contributed by atoms with Gasteiger partial charge in [-0.1, -0.05) is 17.3 Å². The second-order valence-corrected chi connectivity index (χ2v) is 6.68. The normalized spacial score (nSPS) is 18.9. The van der Waals surface area contributed by atoms with Gasteiger partial charge in [-0.05, 0) is 33.1 Å². The number of hydrogen-bond donors (Lipinski definition) is 0. The van der Waals surface area contributed by atoms with Crippen LogP contribution in [0.3, 0.4) is 0 Å². The van der Waals surface area contributed by atoms with Gasteiger partial charge in [-0.2, -0.15) is 0 Å². The van der Waals surface area contributed by atoms with E-state index in [1.54, 1.807) is 0 Å². The van der Waals surface area contributed by atoms with Crippen molar-refractivity contribution in [3.8, 4) is 0 Å². The van der Waals surface area contributed by atoms with Crippen LogP contribution in [0, 0.1) is 19.8 Å². The number of nitrogens with zero attached hydrogens (tertiary/aromatic N) is 3. The fraction of sp³-hybridized carbons (Fsp3) is 0.611. The van der Waals surface area contributed by atoms with E-state index in [1.165, 1.54) is 0 Å². The van der Waals surface area contributed by atoms with Crippen molar-refractivity contribution >= 4 is 11.8 Å².